The zero-order valence-corrected chi connectivity index (χ0v) is 16.8. The molecule has 0 fully saturated rings. The number of ether oxygens (including phenoxy) is 6. The Hall–Kier alpha value is -3.23. The number of allylic oxidation sites excluding steroid dienone is 1. The van der Waals surface area contributed by atoms with Crippen LogP contribution in [0.1, 0.15) is 15.9 Å². The van der Waals surface area contributed by atoms with Crippen LogP contribution in [0.2, 0.25) is 0 Å². The van der Waals surface area contributed by atoms with E-state index in [9.17, 15) is 9.90 Å². The summed E-state index contributed by atoms with van der Waals surface area (Å²) < 4.78 is 30.9. The number of carbonyl (C=O) groups excluding carboxylic acids is 1. The van der Waals surface area contributed by atoms with Crippen molar-refractivity contribution in [3.63, 3.8) is 0 Å². The standard InChI is InChI=1S/C21H24O8/c1-24-12-28-15-10-17(23)21(20(11-15)29-13-25-2)16(22)7-5-14-6-8-18(26-3)19(9-14)27-4/h5-11,23H,12-13H2,1-4H3. The number of phenols is 1. The number of methoxy groups -OCH3 is 4. The molecule has 0 saturated carbocycles. The van der Waals surface area contributed by atoms with Gasteiger partial charge in [0.2, 0.25) is 0 Å². The van der Waals surface area contributed by atoms with E-state index in [-0.39, 0.29) is 36.4 Å². The summed E-state index contributed by atoms with van der Waals surface area (Å²) in [6.45, 7) is -0.123. The first-order valence-electron chi connectivity index (χ1n) is 8.59. The van der Waals surface area contributed by atoms with Crippen molar-refractivity contribution in [2.24, 2.45) is 0 Å². The van der Waals surface area contributed by atoms with Gasteiger partial charge in [-0.1, -0.05) is 12.1 Å². The van der Waals surface area contributed by atoms with Crippen molar-refractivity contribution >= 4 is 11.9 Å². The van der Waals surface area contributed by atoms with E-state index in [1.165, 1.54) is 39.5 Å². The maximum atomic E-state index is 12.7. The van der Waals surface area contributed by atoms with Crippen LogP contribution in [0.25, 0.3) is 6.08 Å². The lowest BCUT2D eigenvalue weighted by Gasteiger charge is -2.13. The smallest absolute Gasteiger partial charge is 0.193 e. The Morgan fingerprint density at radius 3 is 2.24 bits per heavy atom. The second-order valence-corrected chi connectivity index (χ2v) is 5.73. The van der Waals surface area contributed by atoms with Crippen LogP contribution in [-0.4, -0.2) is 52.9 Å². The maximum Gasteiger partial charge on any atom is 0.193 e. The summed E-state index contributed by atoms with van der Waals surface area (Å²) in [5, 5.41) is 10.4. The molecule has 156 valence electrons. The summed E-state index contributed by atoms with van der Waals surface area (Å²) in [6.07, 6.45) is 2.92. The van der Waals surface area contributed by atoms with E-state index >= 15 is 0 Å². The molecule has 29 heavy (non-hydrogen) atoms. The lowest BCUT2D eigenvalue weighted by Crippen LogP contribution is -2.06. The van der Waals surface area contributed by atoms with Crippen LogP contribution in [0.15, 0.2) is 36.4 Å². The number of ketones is 1. The third kappa shape index (κ3) is 5.87. The molecule has 0 radical (unpaired) electrons. The molecule has 8 nitrogen and oxygen atoms in total. The summed E-state index contributed by atoms with van der Waals surface area (Å²) in [5.74, 6) is 0.786. The zero-order chi connectivity index (χ0) is 21.2. The number of hydrogen-bond donors (Lipinski definition) is 1. The van der Waals surface area contributed by atoms with Gasteiger partial charge in [-0.25, -0.2) is 0 Å². The minimum Gasteiger partial charge on any atom is -0.507 e. The SMILES string of the molecule is COCOc1cc(O)c(C(=O)C=Cc2ccc(OC)c(OC)c2)c(OCOC)c1. The van der Waals surface area contributed by atoms with E-state index in [1.807, 2.05) is 0 Å². The number of phenolic OH excluding ortho intramolecular Hbond substituents is 1. The van der Waals surface area contributed by atoms with Gasteiger partial charge in [-0.15, -0.1) is 0 Å². The second kappa shape index (κ2) is 10.9. The van der Waals surface area contributed by atoms with Gasteiger partial charge in [-0.05, 0) is 23.8 Å². The normalized spacial score (nSPS) is 10.8. The van der Waals surface area contributed by atoms with Gasteiger partial charge in [-0.3, -0.25) is 4.79 Å². The van der Waals surface area contributed by atoms with Crippen molar-refractivity contribution in [1.82, 2.24) is 0 Å². The Morgan fingerprint density at radius 1 is 0.897 bits per heavy atom. The van der Waals surface area contributed by atoms with Crippen LogP contribution >= 0.6 is 0 Å². The van der Waals surface area contributed by atoms with Gasteiger partial charge in [0.05, 0.1) is 14.2 Å². The molecule has 0 spiro atoms. The minimum absolute atomic E-state index is 0.0106. The maximum absolute atomic E-state index is 12.7. The van der Waals surface area contributed by atoms with Gasteiger partial charge in [0.15, 0.2) is 30.9 Å². The molecule has 1 N–H and O–H groups in total. The van der Waals surface area contributed by atoms with E-state index in [2.05, 4.69) is 0 Å². The van der Waals surface area contributed by atoms with Crippen molar-refractivity contribution in [2.45, 2.75) is 0 Å². The highest BCUT2D eigenvalue weighted by Crippen LogP contribution is 2.34. The van der Waals surface area contributed by atoms with Crippen LogP contribution in [-0.2, 0) is 9.47 Å². The summed E-state index contributed by atoms with van der Waals surface area (Å²) in [6, 6.07) is 8.03. The van der Waals surface area contributed by atoms with E-state index in [0.29, 0.717) is 11.5 Å². The Morgan fingerprint density at radius 2 is 1.59 bits per heavy atom. The molecule has 0 aliphatic heterocycles. The van der Waals surface area contributed by atoms with Gasteiger partial charge in [0.25, 0.3) is 0 Å². The first kappa shape index (κ1) is 22.1. The molecule has 2 aromatic rings. The molecule has 2 rings (SSSR count). The number of benzene rings is 2. The first-order chi connectivity index (χ1) is 14.0. The summed E-state index contributed by atoms with van der Waals surface area (Å²) >= 11 is 0. The molecule has 2 aromatic carbocycles. The summed E-state index contributed by atoms with van der Waals surface area (Å²) in [4.78, 5) is 12.7. The molecule has 0 aliphatic carbocycles. The number of hydrogen-bond acceptors (Lipinski definition) is 8. The Bertz CT molecular complexity index is 860. The minimum atomic E-state index is -0.457. The van der Waals surface area contributed by atoms with Crippen LogP contribution < -0.4 is 18.9 Å². The fraction of sp³-hybridized carbons (Fsp3) is 0.286. The van der Waals surface area contributed by atoms with Crippen LogP contribution in [0, 0.1) is 0 Å². The van der Waals surface area contributed by atoms with Gasteiger partial charge in [-0.2, -0.15) is 0 Å². The molecule has 8 heteroatoms. The number of carbonyl (C=O) groups is 1. The largest absolute Gasteiger partial charge is 0.507 e. The van der Waals surface area contributed by atoms with E-state index in [1.54, 1.807) is 31.4 Å². The summed E-state index contributed by atoms with van der Waals surface area (Å²) in [7, 11) is 5.99. The molecule has 0 saturated heterocycles. The predicted molar refractivity (Wildman–Crippen MR) is 106 cm³/mol. The lowest BCUT2D eigenvalue weighted by atomic mass is 10.1. The summed E-state index contributed by atoms with van der Waals surface area (Å²) in [5.41, 5.74) is 0.707. The Labute approximate surface area is 169 Å². The molecule has 0 atom stereocenters. The van der Waals surface area contributed by atoms with Crippen LogP contribution in [0.4, 0.5) is 0 Å². The van der Waals surface area contributed by atoms with E-state index in [4.69, 9.17) is 28.4 Å². The Balaban J connectivity index is 2.31. The fourth-order valence-corrected chi connectivity index (χ4v) is 2.48. The molecule has 0 unspecified atom stereocenters. The van der Waals surface area contributed by atoms with Crippen molar-refractivity contribution in [2.75, 3.05) is 42.0 Å². The van der Waals surface area contributed by atoms with Gasteiger partial charge >= 0.3 is 0 Å². The quantitative estimate of drug-likeness (QED) is 0.347. The molecule has 0 heterocycles. The topological polar surface area (TPSA) is 92.7 Å². The second-order valence-electron chi connectivity index (χ2n) is 5.73. The van der Waals surface area contributed by atoms with E-state index < -0.39 is 5.78 Å². The number of aromatic hydroxyl groups is 1. The zero-order valence-electron chi connectivity index (χ0n) is 16.8. The highest BCUT2D eigenvalue weighted by atomic mass is 16.7. The highest BCUT2D eigenvalue weighted by Gasteiger charge is 2.18. The molecule has 0 amide bonds. The van der Waals surface area contributed by atoms with Gasteiger partial charge < -0.3 is 33.5 Å². The number of rotatable bonds is 11. The van der Waals surface area contributed by atoms with Crippen molar-refractivity contribution in [3.05, 3.63) is 47.5 Å². The lowest BCUT2D eigenvalue weighted by molar-refractivity contribution is 0.0453. The predicted octanol–water partition coefficient (Wildman–Crippen LogP) is 3.27. The van der Waals surface area contributed by atoms with Gasteiger partial charge in [0, 0.05) is 26.4 Å². The monoisotopic (exact) mass is 404 g/mol. The highest BCUT2D eigenvalue weighted by molar-refractivity contribution is 6.10. The molecule has 0 aliphatic rings. The van der Waals surface area contributed by atoms with Gasteiger partial charge in [0.1, 0.15) is 22.8 Å². The first-order valence-corrected chi connectivity index (χ1v) is 8.59. The molecular weight excluding hydrogens is 380 g/mol. The average Bonchev–Trinajstić information content (AvgIpc) is 2.73. The van der Waals surface area contributed by atoms with Crippen LogP contribution in [0.5, 0.6) is 28.7 Å². The van der Waals surface area contributed by atoms with E-state index in [0.717, 1.165) is 5.56 Å². The van der Waals surface area contributed by atoms with Crippen molar-refractivity contribution in [3.8, 4) is 28.7 Å². The third-order valence-corrected chi connectivity index (χ3v) is 3.81. The average molecular weight is 404 g/mol. The molecular formula is C21H24O8. The van der Waals surface area contributed by atoms with Crippen molar-refractivity contribution in [1.29, 1.82) is 0 Å². The third-order valence-electron chi connectivity index (χ3n) is 3.81. The van der Waals surface area contributed by atoms with Crippen LogP contribution in [0.3, 0.4) is 0 Å². The molecule has 0 bridgehead atoms. The fourth-order valence-electron chi connectivity index (χ4n) is 2.48. The molecule has 0 aromatic heterocycles. The van der Waals surface area contributed by atoms with Crippen molar-refractivity contribution < 1.29 is 38.3 Å². The Kier molecular flexibility index (Phi) is 8.32.